The molecule has 0 radical (unpaired) electrons. The molecule has 0 saturated carbocycles. The fraction of sp³-hybridized carbons (Fsp3) is 0.217. The predicted octanol–water partition coefficient (Wildman–Crippen LogP) is 3.74. The molecule has 31 heavy (non-hydrogen) atoms. The maximum absolute atomic E-state index is 12.9. The van der Waals surface area contributed by atoms with Gasteiger partial charge in [0.15, 0.2) is 5.16 Å². The summed E-state index contributed by atoms with van der Waals surface area (Å²) in [6, 6.07) is 15.3. The minimum atomic E-state index is -0.907. The van der Waals surface area contributed by atoms with E-state index in [-0.39, 0.29) is 23.7 Å². The standard InChI is InChI=1S/C23H22N4O3S/c1-13-6-5-9-16(10-13)24-21(29)17-11-18(28)25-20-19(17)22(30)27-23(26-20)31-12-15-8-4-3-7-14(15)2/h3-10,17H,11-12H2,1-2H3,(H,24,29)(H2,25,26,27,28,30). The third kappa shape index (κ3) is 4.69. The van der Waals surface area contributed by atoms with Crippen LogP contribution in [0.15, 0.2) is 58.5 Å². The smallest absolute Gasteiger partial charge is 0.257 e. The summed E-state index contributed by atoms with van der Waals surface area (Å²) < 4.78 is 0. The van der Waals surface area contributed by atoms with Gasteiger partial charge < -0.3 is 15.6 Å². The van der Waals surface area contributed by atoms with Crippen molar-refractivity contribution in [1.82, 2.24) is 9.97 Å². The molecule has 1 unspecified atom stereocenters. The van der Waals surface area contributed by atoms with Gasteiger partial charge in [0.1, 0.15) is 5.82 Å². The number of H-pyrrole nitrogens is 1. The zero-order chi connectivity index (χ0) is 22.0. The molecule has 1 atom stereocenters. The highest BCUT2D eigenvalue weighted by Gasteiger charge is 2.34. The van der Waals surface area contributed by atoms with Crippen molar-refractivity contribution >= 4 is 35.1 Å². The third-order valence-electron chi connectivity index (χ3n) is 5.16. The maximum atomic E-state index is 12.9. The topological polar surface area (TPSA) is 104 Å². The van der Waals surface area contributed by atoms with Crippen LogP contribution in [0.3, 0.4) is 0 Å². The molecule has 2 aromatic carbocycles. The Balaban J connectivity index is 1.58. The summed E-state index contributed by atoms with van der Waals surface area (Å²) in [4.78, 5) is 45.2. The van der Waals surface area contributed by atoms with Crippen LogP contribution in [0.1, 0.15) is 34.6 Å². The van der Waals surface area contributed by atoms with Crippen LogP contribution in [0.5, 0.6) is 0 Å². The Labute approximate surface area is 183 Å². The molecular weight excluding hydrogens is 412 g/mol. The van der Waals surface area contributed by atoms with E-state index in [1.54, 1.807) is 6.07 Å². The van der Waals surface area contributed by atoms with Gasteiger partial charge in [-0.2, -0.15) is 0 Å². The number of aryl methyl sites for hydroxylation is 2. The normalized spacial score (nSPS) is 15.2. The van der Waals surface area contributed by atoms with Crippen molar-refractivity contribution in [2.45, 2.75) is 37.1 Å². The van der Waals surface area contributed by atoms with Gasteiger partial charge in [0, 0.05) is 17.9 Å². The summed E-state index contributed by atoms with van der Waals surface area (Å²) in [6.45, 7) is 3.94. The summed E-state index contributed by atoms with van der Waals surface area (Å²) >= 11 is 1.37. The molecular formula is C23H22N4O3S. The van der Waals surface area contributed by atoms with Gasteiger partial charge in [-0.05, 0) is 42.7 Å². The lowest BCUT2D eigenvalue weighted by Crippen LogP contribution is -2.36. The van der Waals surface area contributed by atoms with E-state index in [9.17, 15) is 14.4 Å². The van der Waals surface area contributed by atoms with Crippen LogP contribution in [0.4, 0.5) is 11.5 Å². The first-order valence-electron chi connectivity index (χ1n) is 9.89. The van der Waals surface area contributed by atoms with Crippen molar-refractivity contribution in [3.63, 3.8) is 0 Å². The zero-order valence-corrected chi connectivity index (χ0v) is 18.0. The number of fused-ring (bicyclic) bond motifs is 1. The third-order valence-corrected chi connectivity index (χ3v) is 6.08. The highest BCUT2D eigenvalue weighted by molar-refractivity contribution is 7.98. The minimum absolute atomic E-state index is 0.106. The van der Waals surface area contributed by atoms with Gasteiger partial charge in [0.2, 0.25) is 11.8 Å². The molecule has 0 fully saturated rings. The van der Waals surface area contributed by atoms with E-state index in [0.717, 1.165) is 16.7 Å². The SMILES string of the molecule is Cc1cccc(NC(=O)C2CC(=O)Nc3nc(SCc4ccccc4C)[nH]c(=O)c32)c1. The number of carbonyl (C=O) groups is 2. The number of aromatic nitrogens is 2. The predicted molar refractivity (Wildman–Crippen MR) is 121 cm³/mol. The Morgan fingerprint density at radius 3 is 2.74 bits per heavy atom. The first-order valence-corrected chi connectivity index (χ1v) is 10.9. The monoisotopic (exact) mass is 434 g/mol. The average molecular weight is 435 g/mol. The van der Waals surface area contributed by atoms with Crippen LogP contribution in [0, 0.1) is 13.8 Å². The fourth-order valence-electron chi connectivity index (χ4n) is 3.51. The van der Waals surface area contributed by atoms with Crippen molar-refractivity contribution in [1.29, 1.82) is 0 Å². The number of benzene rings is 2. The molecule has 0 spiro atoms. The molecule has 8 heteroatoms. The van der Waals surface area contributed by atoms with Crippen molar-refractivity contribution in [3.8, 4) is 0 Å². The van der Waals surface area contributed by atoms with Crippen molar-refractivity contribution in [2.24, 2.45) is 0 Å². The first kappa shape index (κ1) is 20.9. The molecule has 3 N–H and O–H groups in total. The molecule has 0 bridgehead atoms. The zero-order valence-electron chi connectivity index (χ0n) is 17.2. The van der Waals surface area contributed by atoms with E-state index in [0.29, 0.717) is 16.6 Å². The summed E-state index contributed by atoms with van der Waals surface area (Å²) in [6.07, 6.45) is -0.106. The average Bonchev–Trinajstić information content (AvgIpc) is 2.72. The summed E-state index contributed by atoms with van der Waals surface area (Å²) in [5.74, 6) is -0.883. The van der Waals surface area contributed by atoms with Gasteiger partial charge in [-0.15, -0.1) is 0 Å². The van der Waals surface area contributed by atoms with Gasteiger partial charge in [0.25, 0.3) is 5.56 Å². The minimum Gasteiger partial charge on any atom is -0.326 e. The van der Waals surface area contributed by atoms with Crippen LogP contribution in [-0.2, 0) is 15.3 Å². The second-order valence-electron chi connectivity index (χ2n) is 7.51. The lowest BCUT2D eigenvalue weighted by atomic mass is 9.92. The molecule has 2 heterocycles. The van der Waals surface area contributed by atoms with Gasteiger partial charge >= 0.3 is 0 Å². The number of thioether (sulfide) groups is 1. The molecule has 7 nitrogen and oxygen atoms in total. The molecule has 1 aliphatic rings. The van der Waals surface area contributed by atoms with Crippen LogP contribution in [0.25, 0.3) is 0 Å². The Bertz CT molecular complexity index is 1220. The van der Waals surface area contributed by atoms with Crippen molar-refractivity contribution < 1.29 is 9.59 Å². The number of nitrogens with one attached hydrogen (secondary N) is 3. The molecule has 1 aromatic heterocycles. The molecule has 3 aromatic rings. The Kier molecular flexibility index (Phi) is 5.90. The van der Waals surface area contributed by atoms with Gasteiger partial charge in [0.05, 0.1) is 11.5 Å². The molecule has 4 rings (SSSR count). The molecule has 0 saturated heterocycles. The van der Waals surface area contributed by atoms with Crippen LogP contribution >= 0.6 is 11.8 Å². The number of carbonyl (C=O) groups excluding carboxylic acids is 2. The number of rotatable bonds is 5. The molecule has 1 aliphatic heterocycles. The summed E-state index contributed by atoms with van der Waals surface area (Å²) in [5.41, 5.74) is 3.66. The quantitative estimate of drug-likeness (QED) is 0.419. The largest absolute Gasteiger partial charge is 0.326 e. The van der Waals surface area contributed by atoms with Gasteiger partial charge in [-0.3, -0.25) is 14.4 Å². The maximum Gasteiger partial charge on any atom is 0.257 e. The van der Waals surface area contributed by atoms with E-state index >= 15 is 0 Å². The van der Waals surface area contributed by atoms with E-state index in [2.05, 4.69) is 20.6 Å². The van der Waals surface area contributed by atoms with E-state index in [1.807, 2.05) is 56.3 Å². The molecule has 2 amide bonds. The Hall–Kier alpha value is -3.39. The van der Waals surface area contributed by atoms with Crippen LogP contribution in [-0.4, -0.2) is 21.8 Å². The first-order chi connectivity index (χ1) is 14.9. The number of hydrogen-bond donors (Lipinski definition) is 3. The molecule has 0 aliphatic carbocycles. The van der Waals surface area contributed by atoms with E-state index in [1.165, 1.54) is 11.8 Å². The van der Waals surface area contributed by atoms with E-state index in [4.69, 9.17) is 0 Å². The number of aromatic amines is 1. The number of nitrogens with zero attached hydrogens (tertiary/aromatic N) is 1. The van der Waals surface area contributed by atoms with Crippen LogP contribution in [0.2, 0.25) is 0 Å². The molecule has 158 valence electrons. The van der Waals surface area contributed by atoms with Crippen LogP contribution < -0.4 is 16.2 Å². The Morgan fingerprint density at radius 1 is 1.16 bits per heavy atom. The lowest BCUT2D eigenvalue weighted by Gasteiger charge is -2.23. The second kappa shape index (κ2) is 8.77. The number of amides is 2. The van der Waals surface area contributed by atoms with Crippen molar-refractivity contribution in [2.75, 3.05) is 10.6 Å². The summed E-state index contributed by atoms with van der Waals surface area (Å²) in [7, 11) is 0. The Morgan fingerprint density at radius 2 is 1.97 bits per heavy atom. The van der Waals surface area contributed by atoms with E-state index < -0.39 is 17.4 Å². The number of anilines is 2. The van der Waals surface area contributed by atoms with Gasteiger partial charge in [-0.1, -0.05) is 48.2 Å². The highest BCUT2D eigenvalue weighted by Crippen LogP contribution is 2.31. The summed E-state index contributed by atoms with van der Waals surface area (Å²) in [5, 5.41) is 5.84. The van der Waals surface area contributed by atoms with Crippen molar-refractivity contribution in [3.05, 3.63) is 81.1 Å². The highest BCUT2D eigenvalue weighted by atomic mass is 32.2. The number of hydrogen-bond acceptors (Lipinski definition) is 5. The second-order valence-corrected chi connectivity index (χ2v) is 8.48. The van der Waals surface area contributed by atoms with Gasteiger partial charge in [-0.25, -0.2) is 4.98 Å². The fourth-order valence-corrected chi connectivity index (χ4v) is 4.45. The lowest BCUT2D eigenvalue weighted by molar-refractivity contribution is -0.123.